The van der Waals surface area contributed by atoms with E-state index in [0.29, 0.717) is 6.42 Å². The van der Waals surface area contributed by atoms with Gasteiger partial charge in [0.25, 0.3) is 0 Å². The van der Waals surface area contributed by atoms with Crippen molar-refractivity contribution in [1.82, 2.24) is 15.2 Å². The summed E-state index contributed by atoms with van der Waals surface area (Å²) in [4.78, 5) is 0. The van der Waals surface area contributed by atoms with E-state index in [0.717, 1.165) is 27.8 Å². The summed E-state index contributed by atoms with van der Waals surface area (Å²) in [6.07, 6.45) is 1.53. The second-order valence-electron chi connectivity index (χ2n) is 4.70. The predicted octanol–water partition coefficient (Wildman–Crippen LogP) is 2.63. The summed E-state index contributed by atoms with van der Waals surface area (Å²) in [7, 11) is 1.90. The van der Waals surface area contributed by atoms with E-state index in [1.807, 2.05) is 17.8 Å². The summed E-state index contributed by atoms with van der Waals surface area (Å²) in [5.41, 5.74) is 5.85. The number of hydrogen-bond acceptors (Lipinski definition) is 3. The number of hydrazine groups is 1. The molecule has 108 valence electrons. The van der Waals surface area contributed by atoms with Gasteiger partial charge in [-0.25, -0.2) is 4.39 Å². The van der Waals surface area contributed by atoms with Crippen LogP contribution in [-0.4, -0.2) is 9.78 Å². The maximum absolute atomic E-state index is 13.1. The van der Waals surface area contributed by atoms with Crippen molar-refractivity contribution in [3.63, 3.8) is 0 Å². The van der Waals surface area contributed by atoms with E-state index in [1.165, 1.54) is 12.1 Å². The smallest absolute Gasteiger partial charge is 0.124 e. The van der Waals surface area contributed by atoms with Gasteiger partial charge >= 0.3 is 0 Å². The second kappa shape index (κ2) is 6.47. The summed E-state index contributed by atoms with van der Waals surface area (Å²) >= 11 is 3.38. The highest BCUT2D eigenvalue weighted by Gasteiger charge is 2.17. The van der Waals surface area contributed by atoms with Gasteiger partial charge in [0.1, 0.15) is 5.82 Å². The van der Waals surface area contributed by atoms with Gasteiger partial charge in [-0.3, -0.25) is 16.0 Å². The Morgan fingerprint density at radius 2 is 2.20 bits per heavy atom. The third kappa shape index (κ3) is 3.26. The molecule has 4 nitrogen and oxygen atoms in total. The minimum Gasteiger partial charge on any atom is -0.271 e. The summed E-state index contributed by atoms with van der Waals surface area (Å²) in [6.45, 7) is 2.06. The van der Waals surface area contributed by atoms with Crippen LogP contribution in [-0.2, 0) is 19.9 Å². The molecule has 0 aliphatic heterocycles. The number of hydrogen-bond donors (Lipinski definition) is 2. The number of rotatable bonds is 5. The van der Waals surface area contributed by atoms with Crippen LogP contribution in [0.4, 0.5) is 4.39 Å². The molecule has 1 unspecified atom stereocenters. The van der Waals surface area contributed by atoms with Crippen molar-refractivity contribution >= 4 is 15.9 Å². The van der Waals surface area contributed by atoms with Gasteiger partial charge in [0.15, 0.2) is 0 Å². The number of halogens is 2. The first-order valence-corrected chi connectivity index (χ1v) is 7.27. The highest BCUT2D eigenvalue weighted by atomic mass is 79.9. The first-order valence-electron chi connectivity index (χ1n) is 6.48. The van der Waals surface area contributed by atoms with Gasteiger partial charge in [0.2, 0.25) is 0 Å². The number of benzene rings is 1. The fraction of sp³-hybridized carbons (Fsp3) is 0.357. The van der Waals surface area contributed by atoms with E-state index in [9.17, 15) is 4.39 Å². The summed E-state index contributed by atoms with van der Waals surface area (Å²) < 4.78 is 15.7. The van der Waals surface area contributed by atoms with Crippen molar-refractivity contribution in [2.24, 2.45) is 12.9 Å². The minimum atomic E-state index is -0.258. The van der Waals surface area contributed by atoms with E-state index in [2.05, 4.69) is 33.4 Å². The maximum Gasteiger partial charge on any atom is 0.124 e. The summed E-state index contributed by atoms with van der Waals surface area (Å²) in [5.74, 6) is 5.41. The summed E-state index contributed by atoms with van der Waals surface area (Å²) in [5, 5.41) is 4.43. The Balaban J connectivity index is 2.26. The Labute approximate surface area is 126 Å². The van der Waals surface area contributed by atoms with Crippen molar-refractivity contribution in [3.8, 4) is 0 Å². The van der Waals surface area contributed by atoms with Crippen LogP contribution in [0.2, 0.25) is 0 Å². The molecule has 0 aliphatic carbocycles. The van der Waals surface area contributed by atoms with Crippen LogP contribution in [0.5, 0.6) is 0 Å². The number of aryl methyl sites for hydroxylation is 2. The Kier molecular flexibility index (Phi) is 4.91. The highest BCUT2D eigenvalue weighted by Crippen LogP contribution is 2.24. The molecule has 1 heterocycles. The van der Waals surface area contributed by atoms with Crippen LogP contribution in [0.15, 0.2) is 28.7 Å². The maximum atomic E-state index is 13.1. The zero-order chi connectivity index (χ0) is 14.7. The molecule has 1 aromatic carbocycles. The molecule has 0 spiro atoms. The Morgan fingerprint density at radius 3 is 2.75 bits per heavy atom. The summed E-state index contributed by atoms with van der Waals surface area (Å²) in [6, 6.07) is 6.65. The fourth-order valence-electron chi connectivity index (χ4n) is 2.20. The molecular formula is C14H18BrFN4. The molecular weight excluding hydrogens is 323 g/mol. The van der Waals surface area contributed by atoms with E-state index >= 15 is 0 Å². The molecule has 3 N–H and O–H groups in total. The Bertz CT molecular complexity index is 597. The molecule has 0 aliphatic rings. The highest BCUT2D eigenvalue weighted by molar-refractivity contribution is 9.10. The molecule has 2 aromatic rings. The van der Waals surface area contributed by atoms with Crippen LogP contribution in [0.1, 0.15) is 29.9 Å². The van der Waals surface area contributed by atoms with Crippen molar-refractivity contribution < 1.29 is 4.39 Å². The van der Waals surface area contributed by atoms with Crippen LogP contribution >= 0.6 is 15.9 Å². The van der Waals surface area contributed by atoms with Crippen molar-refractivity contribution in [2.75, 3.05) is 0 Å². The molecule has 0 radical (unpaired) electrons. The minimum absolute atomic E-state index is 0.0745. The van der Waals surface area contributed by atoms with Crippen LogP contribution in [0, 0.1) is 5.82 Å². The monoisotopic (exact) mass is 340 g/mol. The van der Waals surface area contributed by atoms with Gasteiger partial charge < -0.3 is 0 Å². The first kappa shape index (κ1) is 15.2. The lowest BCUT2D eigenvalue weighted by Crippen LogP contribution is -2.31. The lowest BCUT2D eigenvalue weighted by molar-refractivity contribution is 0.507. The second-order valence-corrected chi connectivity index (χ2v) is 5.55. The first-order chi connectivity index (χ1) is 9.55. The molecule has 20 heavy (non-hydrogen) atoms. The molecule has 1 atom stereocenters. The third-order valence-electron chi connectivity index (χ3n) is 3.33. The van der Waals surface area contributed by atoms with Crippen LogP contribution in [0.25, 0.3) is 0 Å². The van der Waals surface area contributed by atoms with Gasteiger partial charge in [0, 0.05) is 11.5 Å². The molecule has 2 rings (SSSR count). The van der Waals surface area contributed by atoms with Crippen molar-refractivity contribution in [3.05, 3.63) is 51.5 Å². The van der Waals surface area contributed by atoms with Gasteiger partial charge in [0.05, 0.1) is 17.4 Å². The van der Waals surface area contributed by atoms with Gasteiger partial charge in [-0.2, -0.15) is 5.10 Å². The van der Waals surface area contributed by atoms with Crippen molar-refractivity contribution in [2.45, 2.75) is 25.8 Å². The molecule has 1 aromatic heterocycles. The predicted molar refractivity (Wildman–Crippen MR) is 80.5 cm³/mol. The Hall–Kier alpha value is -1.24. The van der Waals surface area contributed by atoms with Crippen LogP contribution in [0.3, 0.4) is 0 Å². The van der Waals surface area contributed by atoms with E-state index in [-0.39, 0.29) is 11.9 Å². The average Bonchev–Trinajstić information content (AvgIpc) is 2.79. The number of nitrogens with two attached hydrogens (primary N) is 1. The van der Waals surface area contributed by atoms with Gasteiger partial charge in [-0.1, -0.05) is 28.9 Å². The SMILES string of the molecule is CCc1cc(C(Cc2ccc(F)cc2Br)NN)n(C)n1. The Morgan fingerprint density at radius 1 is 1.45 bits per heavy atom. The molecule has 0 bridgehead atoms. The molecule has 0 saturated heterocycles. The molecule has 0 saturated carbocycles. The number of aromatic nitrogens is 2. The van der Waals surface area contributed by atoms with Gasteiger partial charge in [-0.15, -0.1) is 0 Å². The average molecular weight is 341 g/mol. The molecule has 0 amide bonds. The number of nitrogens with zero attached hydrogens (tertiary/aromatic N) is 2. The zero-order valence-corrected chi connectivity index (χ0v) is 13.1. The number of nitrogens with one attached hydrogen (secondary N) is 1. The van der Waals surface area contributed by atoms with Gasteiger partial charge in [-0.05, 0) is 36.6 Å². The lowest BCUT2D eigenvalue weighted by atomic mass is 10.0. The lowest BCUT2D eigenvalue weighted by Gasteiger charge is -2.17. The van der Waals surface area contributed by atoms with E-state index < -0.39 is 0 Å². The largest absolute Gasteiger partial charge is 0.271 e. The quantitative estimate of drug-likeness (QED) is 0.649. The zero-order valence-electron chi connectivity index (χ0n) is 11.5. The van der Waals surface area contributed by atoms with E-state index in [4.69, 9.17) is 5.84 Å². The topological polar surface area (TPSA) is 55.9 Å². The van der Waals surface area contributed by atoms with E-state index in [1.54, 1.807) is 6.07 Å². The normalized spacial score (nSPS) is 12.7. The standard InChI is InChI=1S/C14H18BrFN4/c1-3-11-8-14(20(2)19-11)13(18-17)6-9-4-5-10(16)7-12(9)15/h4-5,7-8,13,18H,3,6,17H2,1-2H3. The van der Waals surface area contributed by atoms with Crippen LogP contribution < -0.4 is 11.3 Å². The third-order valence-corrected chi connectivity index (χ3v) is 4.06. The molecule has 0 fully saturated rings. The molecule has 6 heteroatoms. The van der Waals surface area contributed by atoms with Crippen molar-refractivity contribution in [1.29, 1.82) is 0 Å². The fourth-order valence-corrected chi connectivity index (χ4v) is 2.71.